The number of hydrogen-bond acceptors (Lipinski definition) is 3. The van der Waals surface area contributed by atoms with Crippen LogP contribution in [0.5, 0.6) is 5.75 Å². The van der Waals surface area contributed by atoms with Gasteiger partial charge in [-0.1, -0.05) is 6.07 Å². The molecule has 0 saturated carbocycles. The maximum Gasteiger partial charge on any atom is 0.228 e. The van der Waals surface area contributed by atoms with Crippen LogP contribution >= 0.6 is 0 Å². The Morgan fingerprint density at radius 1 is 1.47 bits per heavy atom. The van der Waals surface area contributed by atoms with Crippen LogP contribution in [-0.2, 0) is 4.79 Å². The lowest BCUT2D eigenvalue weighted by Gasteiger charge is -2.18. The van der Waals surface area contributed by atoms with Gasteiger partial charge >= 0.3 is 0 Å². The van der Waals surface area contributed by atoms with Crippen molar-refractivity contribution >= 4 is 17.3 Å². The van der Waals surface area contributed by atoms with Crippen molar-refractivity contribution in [2.45, 2.75) is 6.42 Å². The minimum atomic E-state index is 0.120. The number of methoxy groups -OCH3 is 1. The third-order valence-electron chi connectivity index (χ3n) is 2.60. The van der Waals surface area contributed by atoms with Crippen molar-refractivity contribution in [3.63, 3.8) is 0 Å². The van der Waals surface area contributed by atoms with Gasteiger partial charge in [-0.15, -0.1) is 0 Å². The van der Waals surface area contributed by atoms with E-state index in [9.17, 15) is 4.79 Å². The molecule has 0 aliphatic carbocycles. The van der Waals surface area contributed by atoms with Crippen molar-refractivity contribution in [3.8, 4) is 5.75 Å². The van der Waals surface area contributed by atoms with Crippen LogP contribution in [0.3, 0.4) is 0 Å². The number of para-hydroxylation sites is 1. The molecule has 0 radical (unpaired) electrons. The first-order chi connectivity index (χ1) is 7.24. The van der Waals surface area contributed by atoms with Gasteiger partial charge in [-0.25, -0.2) is 0 Å². The SMILES string of the molecule is COc1cccc2c1NCCC(=O)N2C. The summed E-state index contributed by atoms with van der Waals surface area (Å²) in [7, 11) is 3.41. The predicted octanol–water partition coefficient (Wildman–Crippen LogP) is 1.47. The van der Waals surface area contributed by atoms with E-state index >= 15 is 0 Å². The molecule has 0 aromatic heterocycles. The Kier molecular flexibility index (Phi) is 2.49. The number of benzene rings is 1. The molecule has 0 bridgehead atoms. The lowest BCUT2D eigenvalue weighted by atomic mass is 10.2. The van der Waals surface area contributed by atoms with Crippen LogP contribution in [0.25, 0.3) is 0 Å². The minimum Gasteiger partial charge on any atom is -0.495 e. The second-order valence-corrected chi connectivity index (χ2v) is 3.48. The molecule has 4 nitrogen and oxygen atoms in total. The number of fused-ring (bicyclic) bond motifs is 1. The third-order valence-corrected chi connectivity index (χ3v) is 2.60. The molecule has 0 atom stereocenters. The van der Waals surface area contributed by atoms with Crippen LogP contribution in [-0.4, -0.2) is 26.6 Å². The molecule has 1 amide bonds. The number of rotatable bonds is 1. The van der Waals surface area contributed by atoms with Crippen molar-refractivity contribution in [2.75, 3.05) is 30.9 Å². The number of hydrogen-bond donors (Lipinski definition) is 1. The molecular weight excluding hydrogens is 192 g/mol. The highest BCUT2D eigenvalue weighted by atomic mass is 16.5. The van der Waals surface area contributed by atoms with Gasteiger partial charge in [0.1, 0.15) is 11.4 Å². The van der Waals surface area contributed by atoms with Crippen LogP contribution in [0, 0.1) is 0 Å². The van der Waals surface area contributed by atoms with E-state index in [2.05, 4.69) is 5.32 Å². The smallest absolute Gasteiger partial charge is 0.228 e. The number of nitrogens with one attached hydrogen (secondary N) is 1. The van der Waals surface area contributed by atoms with Gasteiger partial charge in [-0.3, -0.25) is 4.79 Å². The van der Waals surface area contributed by atoms with Crippen molar-refractivity contribution in [1.82, 2.24) is 0 Å². The number of carbonyl (C=O) groups is 1. The second kappa shape index (κ2) is 3.81. The molecule has 1 aliphatic heterocycles. The highest BCUT2D eigenvalue weighted by molar-refractivity contribution is 5.98. The van der Waals surface area contributed by atoms with E-state index in [4.69, 9.17) is 4.74 Å². The molecule has 1 N–H and O–H groups in total. The fourth-order valence-corrected chi connectivity index (χ4v) is 1.74. The Morgan fingerprint density at radius 2 is 2.27 bits per heavy atom. The van der Waals surface area contributed by atoms with Crippen LogP contribution < -0.4 is 15.0 Å². The molecule has 1 aromatic carbocycles. The standard InChI is InChI=1S/C11H14N2O2/c1-13-8-4-3-5-9(15-2)11(8)12-7-6-10(13)14/h3-5,12H,6-7H2,1-2H3. The average molecular weight is 206 g/mol. The van der Waals surface area contributed by atoms with Gasteiger partial charge in [0.2, 0.25) is 5.91 Å². The quantitative estimate of drug-likeness (QED) is 0.756. The molecule has 0 saturated heterocycles. The summed E-state index contributed by atoms with van der Waals surface area (Å²) in [6.07, 6.45) is 0.508. The fourth-order valence-electron chi connectivity index (χ4n) is 1.74. The van der Waals surface area contributed by atoms with Crippen LogP contribution in [0.4, 0.5) is 11.4 Å². The molecule has 0 unspecified atom stereocenters. The first-order valence-electron chi connectivity index (χ1n) is 4.91. The van der Waals surface area contributed by atoms with Gasteiger partial charge in [0.15, 0.2) is 0 Å². The lowest BCUT2D eigenvalue weighted by molar-refractivity contribution is -0.118. The van der Waals surface area contributed by atoms with Gasteiger partial charge in [0, 0.05) is 20.0 Å². The summed E-state index contributed by atoms with van der Waals surface area (Å²) in [5, 5.41) is 3.22. The average Bonchev–Trinajstić information content (AvgIpc) is 2.40. The van der Waals surface area contributed by atoms with Crippen LogP contribution in [0.15, 0.2) is 18.2 Å². The van der Waals surface area contributed by atoms with E-state index in [1.54, 1.807) is 19.1 Å². The fraction of sp³-hybridized carbons (Fsp3) is 0.364. The van der Waals surface area contributed by atoms with Crippen LogP contribution in [0.1, 0.15) is 6.42 Å². The first kappa shape index (κ1) is 9.83. The second-order valence-electron chi connectivity index (χ2n) is 3.48. The Morgan fingerprint density at radius 3 is 3.00 bits per heavy atom. The Bertz CT molecular complexity index is 390. The highest BCUT2D eigenvalue weighted by Crippen LogP contribution is 2.35. The summed E-state index contributed by atoms with van der Waals surface area (Å²) >= 11 is 0. The van der Waals surface area contributed by atoms with E-state index in [1.165, 1.54) is 0 Å². The van der Waals surface area contributed by atoms with Gasteiger partial charge in [0.05, 0.1) is 12.8 Å². The summed E-state index contributed by atoms with van der Waals surface area (Å²) in [5.74, 6) is 0.892. The monoisotopic (exact) mass is 206 g/mol. The van der Waals surface area contributed by atoms with Gasteiger partial charge in [-0.2, -0.15) is 0 Å². The van der Waals surface area contributed by atoms with E-state index < -0.39 is 0 Å². The van der Waals surface area contributed by atoms with Crippen molar-refractivity contribution in [3.05, 3.63) is 18.2 Å². The Balaban J connectivity index is 2.51. The van der Waals surface area contributed by atoms with Gasteiger partial charge in [0.25, 0.3) is 0 Å². The summed E-state index contributed by atoms with van der Waals surface area (Å²) in [6, 6.07) is 5.68. The molecule has 1 aliphatic rings. The molecule has 1 aromatic rings. The molecule has 0 spiro atoms. The maximum absolute atomic E-state index is 11.6. The minimum absolute atomic E-state index is 0.120. The lowest BCUT2D eigenvalue weighted by Crippen LogP contribution is -2.25. The molecule has 80 valence electrons. The number of amides is 1. The maximum atomic E-state index is 11.6. The van der Waals surface area contributed by atoms with Crippen molar-refractivity contribution in [1.29, 1.82) is 0 Å². The molecular formula is C11H14N2O2. The van der Waals surface area contributed by atoms with Crippen molar-refractivity contribution in [2.24, 2.45) is 0 Å². The Hall–Kier alpha value is -1.71. The van der Waals surface area contributed by atoms with Crippen LogP contribution in [0.2, 0.25) is 0 Å². The van der Waals surface area contributed by atoms with E-state index in [-0.39, 0.29) is 5.91 Å². The van der Waals surface area contributed by atoms with Gasteiger partial charge in [-0.05, 0) is 12.1 Å². The van der Waals surface area contributed by atoms with Gasteiger partial charge < -0.3 is 15.0 Å². The zero-order valence-corrected chi connectivity index (χ0v) is 8.91. The number of ether oxygens (including phenoxy) is 1. The zero-order valence-electron chi connectivity index (χ0n) is 8.91. The zero-order chi connectivity index (χ0) is 10.8. The summed E-state index contributed by atoms with van der Waals surface area (Å²) in [5.41, 5.74) is 1.77. The summed E-state index contributed by atoms with van der Waals surface area (Å²) in [4.78, 5) is 13.3. The molecule has 0 fully saturated rings. The van der Waals surface area contributed by atoms with E-state index in [0.717, 1.165) is 17.1 Å². The molecule has 15 heavy (non-hydrogen) atoms. The highest BCUT2D eigenvalue weighted by Gasteiger charge is 2.20. The number of carbonyl (C=O) groups excluding carboxylic acids is 1. The van der Waals surface area contributed by atoms with Crippen molar-refractivity contribution < 1.29 is 9.53 Å². The predicted molar refractivity (Wildman–Crippen MR) is 59.5 cm³/mol. The number of anilines is 2. The van der Waals surface area contributed by atoms with E-state index in [0.29, 0.717) is 13.0 Å². The molecule has 2 rings (SSSR count). The number of nitrogens with zero attached hydrogens (tertiary/aromatic N) is 1. The molecule has 1 heterocycles. The topological polar surface area (TPSA) is 41.6 Å². The molecule has 4 heteroatoms. The largest absolute Gasteiger partial charge is 0.495 e. The summed E-state index contributed by atoms with van der Waals surface area (Å²) < 4.78 is 5.25. The summed E-state index contributed by atoms with van der Waals surface area (Å²) in [6.45, 7) is 0.649. The van der Waals surface area contributed by atoms with E-state index in [1.807, 2.05) is 18.2 Å². The third kappa shape index (κ3) is 1.63. The normalized spacial score (nSPS) is 15.3. The first-order valence-corrected chi connectivity index (χ1v) is 4.91. The Labute approximate surface area is 88.8 Å².